The van der Waals surface area contributed by atoms with E-state index >= 15 is 0 Å². The molecule has 3 heteroatoms. The van der Waals surface area contributed by atoms with Crippen molar-refractivity contribution in [1.82, 2.24) is 4.57 Å². The summed E-state index contributed by atoms with van der Waals surface area (Å²) in [6, 6.07) is 14.0. The van der Waals surface area contributed by atoms with Gasteiger partial charge >= 0.3 is 0 Å². The molecule has 1 heterocycles. The summed E-state index contributed by atoms with van der Waals surface area (Å²) < 4.78 is 1.95. The van der Waals surface area contributed by atoms with Crippen molar-refractivity contribution in [3.8, 4) is 6.19 Å². The van der Waals surface area contributed by atoms with Crippen LogP contribution in [0.5, 0.6) is 0 Å². The van der Waals surface area contributed by atoms with Crippen molar-refractivity contribution in [2.45, 2.75) is 13.5 Å². The fourth-order valence-corrected chi connectivity index (χ4v) is 1.64. The van der Waals surface area contributed by atoms with Gasteiger partial charge < -0.3 is 4.57 Å². The zero-order valence-corrected chi connectivity index (χ0v) is 9.67. The average molecular weight is 223 g/mol. The summed E-state index contributed by atoms with van der Waals surface area (Å²) in [5, 5.41) is 8.62. The molecule has 3 nitrogen and oxygen atoms in total. The zero-order chi connectivity index (χ0) is 12.1. The van der Waals surface area contributed by atoms with E-state index in [1.54, 1.807) is 0 Å². The first kappa shape index (κ1) is 11.2. The second-order valence-corrected chi connectivity index (χ2v) is 3.88. The van der Waals surface area contributed by atoms with Gasteiger partial charge in [-0.25, -0.2) is 0 Å². The van der Waals surface area contributed by atoms with Gasteiger partial charge in [-0.15, -0.1) is 0 Å². The molecular weight excluding hydrogens is 210 g/mol. The molecule has 0 N–H and O–H groups in total. The summed E-state index contributed by atoms with van der Waals surface area (Å²) in [6.07, 6.45) is 3.75. The molecule has 0 bridgehead atoms. The third kappa shape index (κ3) is 2.82. The first-order valence-corrected chi connectivity index (χ1v) is 5.43. The molecule has 84 valence electrons. The summed E-state index contributed by atoms with van der Waals surface area (Å²) in [4.78, 5) is 3.79. The van der Waals surface area contributed by atoms with Crippen LogP contribution >= 0.6 is 0 Å². The highest BCUT2D eigenvalue weighted by molar-refractivity contribution is 5.21. The van der Waals surface area contributed by atoms with E-state index in [1.807, 2.05) is 35.2 Å². The summed E-state index contributed by atoms with van der Waals surface area (Å²) in [5.74, 6) is 0. The summed E-state index contributed by atoms with van der Waals surface area (Å²) in [7, 11) is 0. The van der Waals surface area contributed by atoms with Crippen LogP contribution in [0.25, 0.3) is 0 Å². The minimum atomic E-state index is 0.676. The van der Waals surface area contributed by atoms with E-state index in [9.17, 15) is 0 Å². The Kier molecular flexibility index (Phi) is 3.37. The smallest absolute Gasteiger partial charge is 0.207 e. The monoisotopic (exact) mass is 223 g/mol. The predicted octanol–water partition coefficient (Wildman–Crippen LogP) is 2.23. The van der Waals surface area contributed by atoms with Crippen molar-refractivity contribution in [3.05, 3.63) is 65.3 Å². The van der Waals surface area contributed by atoms with Crippen LogP contribution in [0.3, 0.4) is 0 Å². The van der Waals surface area contributed by atoms with Gasteiger partial charge in [-0.3, -0.25) is 0 Å². The summed E-state index contributed by atoms with van der Waals surface area (Å²) >= 11 is 0. The molecule has 0 aliphatic rings. The van der Waals surface area contributed by atoms with E-state index in [1.165, 1.54) is 11.1 Å². The van der Waals surface area contributed by atoms with Gasteiger partial charge in [0.1, 0.15) is 5.49 Å². The van der Waals surface area contributed by atoms with Crippen LogP contribution in [0.1, 0.15) is 11.1 Å². The second-order valence-electron chi connectivity index (χ2n) is 3.88. The van der Waals surface area contributed by atoms with Crippen molar-refractivity contribution in [1.29, 1.82) is 5.26 Å². The molecule has 0 atom stereocenters. The van der Waals surface area contributed by atoms with Gasteiger partial charge in [0.15, 0.2) is 0 Å². The van der Waals surface area contributed by atoms with Gasteiger partial charge in [-0.2, -0.15) is 10.3 Å². The highest BCUT2D eigenvalue weighted by Crippen LogP contribution is 2.04. The van der Waals surface area contributed by atoms with E-state index in [4.69, 9.17) is 5.26 Å². The van der Waals surface area contributed by atoms with E-state index < -0.39 is 0 Å². The van der Waals surface area contributed by atoms with Gasteiger partial charge in [-0.05, 0) is 24.6 Å². The third-order valence-corrected chi connectivity index (χ3v) is 2.55. The highest BCUT2D eigenvalue weighted by atomic mass is 15.0. The number of rotatable bonds is 2. The Morgan fingerprint density at radius 3 is 2.65 bits per heavy atom. The maximum atomic E-state index is 8.62. The standard InChI is InChI=1S/C14H13N3/c1-12-5-7-13(8-6-12)10-17-9-3-2-4-14(17)16-11-15/h2-9H,10H2,1H3. The molecule has 2 rings (SSSR count). The lowest BCUT2D eigenvalue weighted by molar-refractivity contribution is 0.743. The number of hydrogen-bond acceptors (Lipinski definition) is 2. The van der Waals surface area contributed by atoms with Crippen LogP contribution in [-0.2, 0) is 6.54 Å². The number of nitriles is 1. The molecule has 0 saturated heterocycles. The number of pyridine rings is 1. The molecule has 2 aromatic rings. The molecule has 0 fully saturated rings. The molecule has 0 unspecified atom stereocenters. The van der Waals surface area contributed by atoms with Crippen LogP contribution in [0, 0.1) is 18.4 Å². The maximum absolute atomic E-state index is 8.62. The molecule has 0 saturated carbocycles. The highest BCUT2D eigenvalue weighted by Gasteiger charge is 1.95. The third-order valence-electron chi connectivity index (χ3n) is 2.55. The van der Waals surface area contributed by atoms with Crippen LogP contribution < -0.4 is 5.49 Å². The van der Waals surface area contributed by atoms with E-state index in [2.05, 4.69) is 36.2 Å². The number of aryl methyl sites for hydroxylation is 1. The topological polar surface area (TPSA) is 41.1 Å². The largest absolute Gasteiger partial charge is 0.328 e. The lowest BCUT2D eigenvalue weighted by Gasteiger charge is -2.06. The van der Waals surface area contributed by atoms with Gasteiger partial charge in [0.2, 0.25) is 6.19 Å². The summed E-state index contributed by atoms with van der Waals surface area (Å²) in [6.45, 7) is 2.79. The Balaban J connectivity index is 2.34. The fourth-order valence-electron chi connectivity index (χ4n) is 1.64. The number of nitrogens with zero attached hydrogens (tertiary/aromatic N) is 3. The van der Waals surface area contributed by atoms with Crippen molar-refractivity contribution < 1.29 is 0 Å². The van der Waals surface area contributed by atoms with Gasteiger partial charge in [0, 0.05) is 12.7 Å². The molecule has 0 amide bonds. The SMILES string of the molecule is Cc1ccc(Cn2ccccc2=NC#N)cc1. The van der Waals surface area contributed by atoms with Crippen molar-refractivity contribution in [3.63, 3.8) is 0 Å². The lowest BCUT2D eigenvalue weighted by atomic mass is 10.1. The van der Waals surface area contributed by atoms with E-state index in [-0.39, 0.29) is 0 Å². The Morgan fingerprint density at radius 1 is 1.18 bits per heavy atom. The lowest BCUT2D eigenvalue weighted by Crippen LogP contribution is -2.19. The quantitative estimate of drug-likeness (QED) is 0.720. The molecule has 1 aromatic heterocycles. The van der Waals surface area contributed by atoms with E-state index in [0.29, 0.717) is 5.49 Å². The Hall–Kier alpha value is -2.34. The molecule has 0 aliphatic heterocycles. The minimum absolute atomic E-state index is 0.676. The molecular formula is C14H13N3. The van der Waals surface area contributed by atoms with Crippen LogP contribution in [0.2, 0.25) is 0 Å². The minimum Gasteiger partial charge on any atom is -0.328 e. The number of hydrogen-bond donors (Lipinski definition) is 0. The van der Waals surface area contributed by atoms with E-state index in [0.717, 1.165) is 6.54 Å². The zero-order valence-electron chi connectivity index (χ0n) is 9.67. The van der Waals surface area contributed by atoms with Crippen molar-refractivity contribution in [2.75, 3.05) is 0 Å². The number of benzene rings is 1. The van der Waals surface area contributed by atoms with Crippen LogP contribution in [0.4, 0.5) is 0 Å². The Morgan fingerprint density at radius 2 is 1.94 bits per heavy atom. The van der Waals surface area contributed by atoms with Gasteiger partial charge in [0.25, 0.3) is 0 Å². The van der Waals surface area contributed by atoms with Crippen molar-refractivity contribution in [2.24, 2.45) is 4.99 Å². The number of aromatic nitrogens is 1. The Bertz CT molecular complexity index is 600. The average Bonchev–Trinajstić information content (AvgIpc) is 2.35. The normalized spacial score (nSPS) is 11.2. The first-order chi connectivity index (χ1) is 8.29. The van der Waals surface area contributed by atoms with Gasteiger partial charge in [0.05, 0.1) is 0 Å². The molecule has 1 aromatic carbocycles. The first-order valence-electron chi connectivity index (χ1n) is 5.43. The maximum Gasteiger partial charge on any atom is 0.207 e. The molecule has 0 aliphatic carbocycles. The van der Waals surface area contributed by atoms with Crippen molar-refractivity contribution >= 4 is 0 Å². The summed E-state index contributed by atoms with van der Waals surface area (Å²) in [5.41, 5.74) is 3.12. The van der Waals surface area contributed by atoms with Crippen LogP contribution in [-0.4, -0.2) is 4.57 Å². The van der Waals surface area contributed by atoms with Crippen LogP contribution in [0.15, 0.2) is 53.7 Å². The molecule has 0 spiro atoms. The molecule has 0 radical (unpaired) electrons. The predicted molar refractivity (Wildman–Crippen MR) is 65.9 cm³/mol. The molecule has 17 heavy (non-hydrogen) atoms. The van der Waals surface area contributed by atoms with Gasteiger partial charge in [-0.1, -0.05) is 35.9 Å². The Labute approximate surface area is 100 Å². The second kappa shape index (κ2) is 5.13. The fraction of sp³-hybridized carbons (Fsp3) is 0.143.